The van der Waals surface area contributed by atoms with Gasteiger partial charge < -0.3 is 9.80 Å². The number of para-hydroxylation sites is 4. The van der Waals surface area contributed by atoms with Gasteiger partial charge in [0.15, 0.2) is 0 Å². The molecule has 0 aromatic heterocycles. The summed E-state index contributed by atoms with van der Waals surface area (Å²) in [6.07, 6.45) is 0. The maximum Gasteiger partial charge on any atom is 0.0344 e. The van der Waals surface area contributed by atoms with E-state index in [9.17, 15) is 0 Å². The van der Waals surface area contributed by atoms with Crippen LogP contribution in [0.1, 0.15) is 0 Å². The van der Waals surface area contributed by atoms with E-state index < -0.39 is 0 Å². The van der Waals surface area contributed by atoms with Crippen LogP contribution >= 0.6 is 0 Å². The molecule has 0 bridgehead atoms. The molecular weight excluding hydrogens is 518 g/mol. The Bertz CT molecular complexity index is 679. The summed E-state index contributed by atoms with van der Waals surface area (Å²) in [7, 11) is 0. The first kappa shape index (κ1) is 13.3. The number of fused-ring (bicyclic) bond motifs is 1. The smallest absolute Gasteiger partial charge is 0.0344 e. The largest absolute Gasteiger partial charge is 0.493 e. The molecule has 0 saturated heterocycles. The summed E-state index contributed by atoms with van der Waals surface area (Å²) in [4.78, 5) is 4.37. The maximum absolute atomic E-state index is 3.29. The van der Waals surface area contributed by atoms with Gasteiger partial charge in [0.25, 0.3) is 0 Å². The van der Waals surface area contributed by atoms with Crippen molar-refractivity contribution in [3.63, 3.8) is 0 Å². The Labute approximate surface area is 124 Å². The zero-order valence-electron chi connectivity index (χ0n) is 11.7. The van der Waals surface area contributed by atoms with E-state index in [2.05, 4.69) is 77.1 Å². The minimum absolute atomic E-state index is 0. The van der Waals surface area contributed by atoms with Crippen molar-refractivity contribution in [2.45, 2.75) is 0 Å². The number of nitrogens with zero attached hydrogens (tertiary/aromatic N) is 2. The molecular formula is C19H14LrN2-2. The molecule has 22 heavy (non-hydrogen) atoms. The summed E-state index contributed by atoms with van der Waals surface area (Å²) < 4.78 is 0. The van der Waals surface area contributed by atoms with Gasteiger partial charge in [0.05, 0.1) is 0 Å². The fraction of sp³-hybridized carbons (Fsp3) is 0. The van der Waals surface area contributed by atoms with Crippen molar-refractivity contribution in [1.29, 1.82) is 0 Å². The van der Waals surface area contributed by atoms with Crippen LogP contribution in [-0.2, 0) is 0 Å². The molecule has 1 aliphatic heterocycles. The van der Waals surface area contributed by atoms with Gasteiger partial charge in [0, 0.05) is 17.1 Å². The molecule has 0 atom stereocenters. The number of anilines is 4. The van der Waals surface area contributed by atoms with Gasteiger partial charge in [-0.1, -0.05) is 30.3 Å². The quantitative estimate of drug-likeness (QED) is 0.434. The van der Waals surface area contributed by atoms with E-state index in [0.717, 1.165) is 11.4 Å². The molecule has 117 valence electrons. The number of rotatable bonds is 2. The van der Waals surface area contributed by atoms with E-state index in [0.29, 0.717) is 0 Å². The molecule has 0 spiro atoms. The van der Waals surface area contributed by atoms with Crippen molar-refractivity contribution in [2.75, 3.05) is 9.80 Å². The van der Waals surface area contributed by atoms with Crippen molar-refractivity contribution in [3.05, 3.63) is 91.6 Å². The topological polar surface area (TPSA) is 6.48 Å². The van der Waals surface area contributed by atoms with E-state index in [-0.39, 0.29) is 0 Å². The second-order valence-electron chi connectivity index (χ2n) is 4.93. The van der Waals surface area contributed by atoms with Crippen LogP contribution in [0, 0.1) is 12.7 Å². The fourth-order valence-corrected chi connectivity index (χ4v) is 2.63. The first-order chi connectivity index (χ1) is 10.4. The molecule has 0 N–H and O–H groups in total. The third-order valence-electron chi connectivity index (χ3n) is 3.62. The van der Waals surface area contributed by atoms with E-state index in [1.54, 1.807) is 0 Å². The van der Waals surface area contributed by atoms with Gasteiger partial charge >= 0.3 is 0 Å². The Morgan fingerprint density at radius 1 is 0.682 bits per heavy atom. The normalized spacial score (nSPS) is 12.7. The van der Waals surface area contributed by atoms with Crippen LogP contribution in [0.3, 0.4) is 0 Å². The van der Waals surface area contributed by atoms with E-state index in [4.69, 9.17) is 0 Å². The molecule has 0 saturated carbocycles. The molecule has 0 amide bonds. The second kappa shape index (κ2) is 5.33. The van der Waals surface area contributed by atoms with Crippen LogP contribution in [0.5, 0.6) is 0 Å². The molecule has 3 aromatic carbocycles. The molecule has 0 unspecified atom stereocenters. The molecule has 1 radical (unpaired) electrons. The predicted molar refractivity (Wildman–Crippen MR) is 86.7 cm³/mol. The summed E-state index contributed by atoms with van der Waals surface area (Å²) in [5.41, 5.74) is 4.55. The molecule has 2 nitrogen and oxygen atoms in total. The van der Waals surface area contributed by atoms with Crippen molar-refractivity contribution < 1.29 is 0 Å². The minimum Gasteiger partial charge on any atom is -0.493 e. The van der Waals surface area contributed by atoms with Crippen LogP contribution in [-0.4, -0.2) is 0 Å². The molecule has 4 rings (SSSR count). The second-order valence-corrected chi connectivity index (χ2v) is 4.93. The van der Waals surface area contributed by atoms with Crippen LogP contribution in [0.25, 0.3) is 0 Å². The van der Waals surface area contributed by atoms with Gasteiger partial charge in [0.1, 0.15) is 0 Å². The summed E-state index contributed by atoms with van der Waals surface area (Å²) >= 11 is 0. The monoisotopic (exact) mass is 532 g/mol. The first-order valence-electron chi connectivity index (χ1n) is 6.98. The molecule has 3 aromatic rings. The summed E-state index contributed by atoms with van der Waals surface area (Å²) in [6, 6.07) is 30.1. The molecule has 0 fully saturated rings. The Balaban J connectivity index is 0.00000144. The minimum atomic E-state index is 0. The van der Waals surface area contributed by atoms with Gasteiger partial charge in [-0.25, -0.2) is 0 Å². The van der Waals surface area contributed by atoms with Crippen LogP contribution in [0.4, 0.5) is 22.7 Å². The Morgan fingerprint density at radius 2 is 1.32 bits per heavy atom. The van der Waals surface area contributed by atoms with E-state index in [1.165, 1.54) is 11.4 Å². The number of benzene rings is 3. The van der Waals surface area contributed by atoms with Crippen LogP contribution in [0.15, 0.2) is 78.9 Å². The standard InChI is InChI=1S/C19H14N2.Lr/c1-3-9-16(10-4-1)20-15-21(17-11-5-2-6-12-17)19-14-8-7-13-18(19)20;/h1-11,13-15H;/q-2;. The molecule has 0 aliphatic carbocycles. The molecule has 1 heterocycles. The Morgan fingerprint density at radius 3 is 2.00 bits per heavy atom. The average Bonchev–Trinajstić information content (AvgIpc) is 2.96. The maximum atomic E-state index is 3.29. The first-order valence-corrected chi connectivity index (χ1v) is 6.98. The SMILES string of the molecule is [Lr].[c-]1ccccc1N1[CH-]N(c2ccccc2)c2ccccc21. The third-order valence-corrected chi connectivity index (χ3v) is 3.62. The number of hydrogen-bond acceptors (Lipinski definition) is 2. The molecule has 3 heteroatoms. The predicted octanol–water partition coefficient (Wildman–Crippen LogP) is 4.90. The summed E-state index contributed by atoms with van der Waals surface area (Å²) in [5.74, 6) is 0. The Kier molecular flexibility index (Phi) is 3.21. The van der Waals surface area contributed by atoms with Crippen LogP contribution < -0.4 is 9.80 Å². The van der Waals surface area contributed by atoms with Crippen molar-refractivity contribution in [1.82, 2.24) is 0 Å². The third kappa shape index (κ3) is 2.02. The van der Waals surface area contributed by atoms with Crippen LogP contribution in [0.2, 0.25) is 0 Å². The van der Waals surface area contributed by atoms with E-state index in [1.807, 2.05) is 24.3 Å². The van der Waals surface area contributed by atoms with Gasteiger partial charge in [0.2, 0.25) is 0 Å². The zero-order valence-corrected chi connectivity index (χ0v) is 13.9. The summed E-state index contributed by atoms with van der Waals surface area (Å²) in [6.45, 7) is 2.12. The fourth-order valence-electron chi connectivity index (χ4n) is 2.63. The van der Waals surface area contributed by atoms with Gasteiger partial charge in [-0.05, 0) is 24.3 Å². The van der Waals surface area contributed by atoms with Gasteiger partial charge in [-0.15, -0.1) is 12.4 Å². The molecule has 1 aliphatic rings. The van der Waals surface area contributed by atoms with Crippen molar-refractivity contribution in [2.24, 2.45) is 0 Å². The zero-order chi connectivity index (χ0) is 14.1. The van der Waals surface area contributed by atoms with E-state index >= 15 is 0 Å². The summed E-state index contributed by atoms with van der Waals surface area (Å²) in [5, 5.41) is 0. The van der Waals surface area contributed by atoms with Crippen molar-refractivity contribution >= 4 is 22.7 Å². The Hall–Kier alpha value is -3.74. The average molecular weight is 532 g/mol. The number of hydrogen-bond donors (Lipinski definition) is 0. The van der Waals surface area contributed by atoms with Gasteiger partial charge in [-0.2, -0.15) is 30.3 Å². The van der Waals surface area contributed by atoms with Crippen molar-refractivity contribution in [3.8, 4) is 0 Å². The van der Waals surface area contributed by atoms with Gasteiger partial charge in [-0.3, -0.25) is 0 Å².